The Kier molecular flexibility index (Phi) is 6.57. The van der Waals surface area contributed by atoms with Crippen molar-refractivity contribution in [2.24, 2.45) is 0 Å². The molecule has 8 heteroatoms. The van der Waals surface area contributed by atoms with Crippen LogP contribution in [0, 0.1) is 0 Å². The van der Waals surface area contributed by atoms with E-state index < -0.39 is 42.6 Å². The van der Waals surface area contributed by atoms with Gasteiger partial charge in [0.1, 0.15) is 12.2 Å². The number of aliphatic hydroxyl groups excluding tert-OH is 7. The van der Waals surface area contributed by atoms with Crippen molar-refractivity contribution in [3.63, 3.8) is 0 Å². The summed E-state index contributed by atoms with van der Waals surface area (Å²) in [5.74, 6) is 0. The van der Waals surface area contributed by atoms with Gasteiger partial charge in [-0.05, 0) is 6.42 Å². The van der Waals surface area contributed by atoms with Gasteiger partial charge in [0.25, 0.3) is 0 Å². The van der Waals surface area contributed by atoms with Crippen LogP contribution in [-0.4, -0.2) is 91.6 Å². The van der Waals surface area contributed by atoms with Gasteiger partial charge in [0, 0.05) is 12.5 Å². The van der Waals surface area contributed by atoms with Crippen LogP contribution in [0.1, 0.15) is 12.8 Å². The average Bonchev–Trinajstić information content (AvgIpc) is 2.40. The third-order valence-electron chi connectivity index (χ3n) is 3.47. The molecule has 0 unspecified atom stereocenters. The van der Waals surface area contributed by atoms with Gasteiger partial charge in [-0.15, -0.1) is 0 Å². The quantitative estimate of drug-likeness (QED) is 0.259. The summed E-state index contributed by atoms with van der Waals surface area (Å²) in [7, 11) is 0. The van der Waals surface area contributed by atoms with Crippen molar-refractivity contribution < 1.29 is 35.7 Å². The Balaban J connectivity index is 2.75. The first kappa shape index (κ1) is 16.7. The highest BCUT2D eigenvalue weighted by Crippen LogP contribution is 2.20. The molecule has 19 heavy (non-hydrogen) atoms. The van der Waals surface area contributed by atoms with E-state index in [2.05, 4.69) is 5.32 Å². The zero-order chi connectivity index (χ0) is 14.6. The van der Waals surface area contributed by atoms with Crippen LogP contribution >= 0.6 is 0 Å². The van der Waals surface area contributed by atoms with E-state index in [1.54, 1.807) is 0 Å². The van der Waals surface area contributed by atoms with Crippen LogP contribution in [0.3, 0.4) is 0 Å². The minimum absolute atomic E-state index is 0.0807. The molecule has 0 aromatic carbocycles. The predicted molar refractivity (Wildman–Crippen MR) is 64.2 cm³/mol. The van der Waals surface area contributed by atoms with E-state index in [1.165, 1.54) is 0 Å². The summed E-state index contributed by atoms with van der Waals surface area (Å²) in [6.07, 6.45) is -7.12. The fourth-order valence-corrected chi connectivity index (χ4v) is 2.21. The Bertz CT molecular complexity index is 263. The van der Waals surface area contributed by atoms with E-state index >= 15 is 0 Å². The lowest BCUT2D eigenvalue weighted by Crippen LogP contribution is -2.56. The molecule has 0 amide bonds. The van der Waals surface area contributed by atoms with E-state index in [1.807, 2.05) is 0 Å². The summed E-state index contributed by atoms with van der Waals surface area (Å²) in [4.78, 5) is 0. The highest BCUT2D eigenvalue weighted by molar-refractivity contribution is 4.93. The highest BCUT2D eigenvalue weighted by atomic mass is 16.4. The van der Waals surface area contributed by atoms with Crippen LogP contribution in [0.5, 0.6) is 0 Å². The normalized spacial score (nSPS) is 41.1. The summed E-state index contributed by atoms with van der Waals surface area (Å²) in [5.41, 5.74) is 0. The van der Waals surface area contributed by atoms with E-state index in [9.17, 15) is 25.5 Å². The highest BCUT2D eigenvalue weighted by Gasteiger charge is 2.38. The molecule has 0 spiro atoms. The molecule has 1 saturated carbocycles. The first-order chi connectivity index (χ1) is 8.90. The predicted octanol–water partition coefficient (Wildman–Crippen LogP) is -4.10. The van der Waals surface area contributed by atoms with Gasteiger partial charge < -0.3 is 41.1 Å². The smallest absolute Gasteiger partial charge is 0.108 e. The van der Waals surface area contributed by atoms with Crippen molar-refractivity contribution in [2.75, 3.05) is 13.2 Å². The van der Waals surface area contributed by atoms with Crippen LogP contribution in [0.2, 0.25) is 0 Å². The van der Waals surface area contributed by atoms with Crippen molar-refractivity contribution in [1.29, 1.82) is 0 Å². The number of rotatable bonds is 4. The van der Waals surface area contributed by atoms with E-state index in [4.69, 9.17) is 10.2 Å². The summed E-state index contributed by atoms with van der Waals surface area (Å²) in [6.45, 7) is -0.715. The molecule has 1 rings (SSSR count). The number of hydrogen-bond donors (Lipinski definition) is 8. The molecule has 0 radical (unpaired) electrons. The van der Waals surface area contributed by atoms with Gasteiger partial charge in [0.15, 0.2) is 0 Å². The van der Waals surface area contributed by atoms with E-state index in [0.717, 1.165) is 0 Å². The molecule has 0 heterocycles. The Morgan fingerprint density at radius 3 is 1.74 bits per heavy atom. The standard InChI is InChI=1S/C11H23NO7/c13-3-5(4-14)12-6-1-8(16)10(18)11(19)9(17)2-7(6)15/h5-19H,1-4H2/t6-,7-,8-,9-,10-,11-/m1/s1. The largest absolute Gasteiger partial charge is 0.395 e. The molecule has 8 nitrogen and oxygen atoms in total. The van der Waals surface area contributed by atoms with Gasteiger partial charge in [0.05, 0.1) is 37.6 Å². The Morgan fingerprint density at radius 1 is 0.789 bits per heavy atom. The SMILES string of the molecule is OCC(CO)N[C@@H]1C[C@@H](O)[C@@H](O)[C@H](O)[C@H](O)C[C@H]1O. The zero-order valence-electron chi connectivity index (χ0n) is 10.5. The maximum Gasteiger partial charge on any atom is 0.108 e. The molecule has 0 aliphatic heterocycles. The van der Waals surface area contributed by atoms with E-state index in [0.29, 0.717) is 0 Å². The minimum Gasteiger partial charge on any atom is -0.395 e. The van der Waals surface area contributed by atoms with Crippen molar-refractivity contribution in [1.82, 2.24) is 5.32 Å². The molecular formula is C11H23NO7. The topological polar surface area (TPSA) is 154 Å². The average molecular weight is 281 g/mol. The number of aliphatic hydroxyl groups is 7. The summed E-state index contributed by atoms with van der Waals surface area (Å²) in [5, 5.41) is 69.1. The second-order valence-corrected chi connectivity index (χ2v) is 4.99. The first-order valence-corrected chi connectivity index (χ1v) is 6.28. The van der Waals surface area contributed by atoms with Gasteiger partial charge in [-0.2, -0.15) is 0 Å². The van der Waals surface area contributed by atoms with Gasteiger partial charge in [-0.3, -0.25) is 0 Å². The number of hydrogen-bond acceptors (Lipinski definition) is 8. The monoisotopic (exact) mass is 281 g/mol. The molecule has 8 N–H and O–H groups in total. The molecule has 1 aliphatic carbocycles. The lowest BCUT2D eigenvalue weighted by atomic mass is 9.87. The number of nitrogens with one attached hydrogen (secondary N) is 1. The summed E-state index contributed by atoms with van der Waals surface area (Å²) in [6, 6.07) is -1.40. The maximum atomic E-state index is 9.92. The van der Waals surface area contributed by atoms with Gasteiger partial charge in [-0.25, -0.2) is 0 Å². The molecule has 6 atom stereocenters. The summed E-state index contributed by atoms with van der Waals surface area (Å²) >= 11 is 0. The van der Waals surface area contributed by atoms with Crippen LogP contribution in [0.15, 0.2) is 0 Å². The fourth-order valence-electron chi connectivity index (χ4n) is 2.21. The Morgan fingerprint density at radius 2 is 1.26 bits per heavy atom. The Labute approximate surface area is 110 Å². The molecule has 0 saturated heterocycles. The second-order valence-electron chi connectivity index (χ2n) is 4.99. The first-order valence-electron chi connectivity index (χ1n) is 6.28. The van der Waals surface area contributed by atoms with Crippen molar-refractivity contribution in [3.05, 3.63) is 0 Å². The third kappa shape index (κ3) is 4.33. The van der Waals surface area contributed by atoms with Crippen LogP contribution < -0.4 is 5.32 Å². The minimum atomic E-state index is -1.53. The maximum absolute atomic E-state index is 9.92. The molecule has 0 aromatic heterocycles. The van der Waals surface area contributed by atoms with Crippen LogP contribution in [0.25, 0.3) is 0 Å². The molecule has 114 valence electrons. The van der Waals surface area contributed by atoms with Crippen LogP contribution in [0.4, 0.5) is 0 Å². The lowest BCUT2D eigenvalue weighted by Gasteiger charge is -2.37. The van der Waals surface area contributed by atoms with Gasteiger partial charge in [0.2, 0.25) is 0 Å². The van der Waals surface area contributed by atoms with Crippen molar-refractivity contribution in [3.8, 4) is 0 Å². The van der Waals surface area contributed by atoms with Crippen molar-refractivity contribution >= 4 is 0 Å². The lowest BCUT2D eigenvalue weighted by molar-refractivity contribution is -0.132. The van der Waals surface area contributed by atoms with Gasteiger partial charge in [-0.1, -0.05) is 0 Å². The van der Waals surface area contributed by atoms with E-state index in [-0.39, 0.29) is 26.1 Å². The molecule has 1 fully saturated rings. The molecule has 0 aromatic rings. The molecule has 0 bridgehead atoms. The van der Waals surface area contributed by atoms with Crippen molar-refractivity contribution in [2.45, 2.75) is 55.4 Å². The van der Waals surface area contributed by atoms with Gasteiger partial charge >= 0.3 is 0 Å². The fraction of sp³-hybridized carbons (Fsp3) is 1.00. The zero-order valence-corrected chi connectivity index (χ0v) is 10.5. The second kappa shape index (κ2) is 7.46. The van der Waals surface area contributed by atoms with Crippen LogP contribution in [-0.2, 0) is 0 Å². The molecular weight excluding hydrogens is 258 g/mol. The third-order valence-corrected chi connectivity index (χ3v) is 3.47. The molecule has 1 aliphatic rings. The Hall–Kier alpha value is -0.320. The summed E-state index contributed by atoms with van der Waals surface area (Å²) < 4.78 is 0.